The van der Waals surface area contributed by atoms with Crippen molar-refractivity contribution in [3.05, 3.63) is 22.5 Å². The number of alkyl halides is 2. The van der Waals surface area contributed by atoms with E-state index in [1.54, 1.807) is 6.07 Å². The van der Waals surface area contributed by atoms with Crippen LogP contribution in [0.5, 0.6) is 0 Å². The van der Waals surface area contributed by atoms with Crippen LogP contribution in [0.2, 0.25) is 5.15 Å². The number of amides is 3. The molecule has 1 aliphatic heterocycles. The fraction of sp³-hybridized carbons (Fsp3) is 0.538. The van der Waals surface area contributed by atoms with E-state index >= 15 is 0 Å². The van der Waals surface area contributed by atoms with Gasteiger partial charge < -0.3 is 5.32 Å². The average molecular weight is 331 g/mol. The van der Waals surface area contributed by atoms with Crippen molar-refractivity contribution in [1.29, 1.82) is 0 Å². The first-order valence-electron chi connectivity index (χ1n) is 6.85. The minimum atomic E-state index is -2.35. The summed E-state index contributed by atoms with van der Waals surface area (Å²) in [5, 5.41) is 12.5. The number of halogens is 3. The Labute approximate surface area is 129 Å². The van der Waals surface area contributed by atoms with Crippen LogP contribution in [-0.2, 0) is 4.79 Å². The maximum absolute atomic E-state index is 12.4. The van der Waals surface area contributed by atoms with Crippen LogP contribution in [0.3, 0.4) is 0 Å². The summed E-state index contributed by atoms with van der Waals surface area (Å²) < 4.78 is 24.8. The van der Waals surface area contributed by atoms with Gasteiger partial charge in [0.05, 0.1) is 11.6 Å². The molecule has 2 fully saturated rings. The average Bonchev–Trinajstić information content (AvgIpc) is 3.18. The molecule has 0 bridgehead atoms. The Morgan fingerprint density at radius 3 is 2.82 bits per heavy atom. The Balaban J connectivity index is 1.79. The van der Waals surface area contributed by atoms with Crippen molar-refractivity contribution in [3.63, 3.8) is 0 Å². The summed E-state index contributed by atoms with van der Waals surface area (Å²) in [4.78, 5) is 22.9. The van der Waals surface area contributed by atoms with E-state index in [2.05, 4.69) is 20.8 Å². The molecular weight excluding hydrogens is 318 g/mol. The second kappa shape index (κ2) is 5.75. The molecule has 1 unspecified atom stereocenters. The van der Waals surface area contributed by atoms with Gasteiger partial charge in [-0.3, -0.25) is 10.1 Å². The third kappa shape index (κ3) is 3.01. The van der Waals surface area contributed by atoms with E-state index in [4.69, 9.17) is 11.6 Å². The minimum absolute atomic E-state index is 0.0722. The van der Waals surface area contributed by atoms with E-state index in [9.17, 15) is 18.4 Å². The molecule has 22 heavy (non-hydrogen) atoms. The van der Waals surface area contributed by atoms with Gasteiger partial charge in [-0.15, -0.1) is 5.10 Å². The second-order valence-corrected chi connectivity index (χ2v) is 5.85. The predicted octanol–water partition coefficient (Wildman–Crippen LogP) is 1.81. The highest BCUT2D eigenvalue weighted by Gasteiger charge is 2.42. The van der Waals surface area contributed by atoms with E-state index in [0.717, 1.165) is 0 Å². The number of rotatable bonds is 4. The number of aromatic nitrogens is 2. The van der Waals surface area contributed by atoms with Crippen molar-refractivity contribution in [2.45, 2.75) is 31.1 Å². The fourth-order valence-electron chi connectivity index (χ4n) is 2.72. The first kappa shape index (κ1) is 15.1. The van der Waals surface area contributed by atoms with Crippen LogP contribution in [0.4, 0.5) is 13.6 Å². The van der Waals surface area contributed by atoms with Crippen LogP contribution in [0.1, 0.15) is 35.9 Å². The molecule has 0 radical (unpaired) electrons. The van der Waals surface area contributed by atoms with Crippen LogP contribution in [0, 0.1) is 5.92 Å². The van der Waals surface area contributed by atoms with E-state index in [0.29, 0.717) is 17.7 Å². The first-order valence-corrected chi connectivity index (χ1v) is 7.23. The Hall–Kier alpha value is -1.83. The number of nitrogens with one attached hydrogen (secondary N) is 2. The van der Waals surface area contributed by atoms with Crippen molar-refractivity contribution in [1.82, 2.24) is 20.8 Å². The highest BCUT2D eigenvalue weighted by atomic mass is 35.5. The monoisotopic (exact) mass is 330 g/mol. The highest BCUT2D eigenvalue weighted by Crippen LogP contribution is 2.52. The van der Waals surface area contributed by atoms with Crippen LogP contribution in [0.25, 0.3) is 0 Å². The number of nitrogens with zero attached hydrogens (tertiary/aromatic N) is 2. The van der Waals surface area contributed by atoms with Crippen molar-refractivity contribution in [2.75, 3.05) is 6.54 Å². The minimum Gasteiger partial charge on any atom is -0.337 e. The molecule has 3 amide bonds. The molecule has 9 heteroatoms. The van der Waals surface area contributed by atoms with Gasteiger partial charge in [0.15, 0.2) is 5.15 Å². The van der Waals surface area contributed by atoms with Gasteiger partial charge >= 0.3 is 6.03 Å². The first-order chi connectivity index (χ1) is 10.5. The standard InChI is InChI=1S/C13H13ClF2N4O2/c14-11-7(6-1-5(6)2-10(15)16)3-9(19-20-11)8-4-17-13(22)18-12(8)21/h3,5-6,8,10H,1-2,4H2,(H2,17,18,21,22)/t5-,6+,8?/m0/s1. The van der Waals surface area contributed by atoms with Gasteiger partial charge in [0.25, 0.3) is 0 Å². The fourth-order valence-corrected chi connectivity index (χ4v) is 2.96. The number of hydrogen-bond acceptors (Lipinski definition) is 4. The summed E-state index contributed by atoms with van der Waals surface area (Å²) >= 11 is 6.00. The van der Waals surface area contributed by atoms with Gasteiger partial charge in [-0.2, -0.15) is 5.10 Å². The summed E-state index contributed by atoms with van der Waals surface area (Å²) in [6, 6.07) is 1.08. The normalized spacial score (nSPS) is 27.5. The quantitative estimate of drug-likeness (QED) is 0.882. The molecule has 3 atom stereocenters. The van der Waals surface area contributed by atoms with Crippen molar-refractivity contribution >= 4 is 23.5 Å². The summed E-state index contributed by atoms with van der Waals surface area (Å²) in [5.41, 5.74) is 1.02. The molecule has 2 aliphatic rings. The van der Waals surface area contributed by atoms with Crippen molar-refractivity contribution in [2.24, 2.45) is 5.92 Å². The van der Waals surface area contributed by atoms with Gasteiger partial charge in [0, 0.05) is 13.0 Å². The van der Waals surface area contributed by atoms with Crippen molar-refractivity contribution < 1.29 is 18.4 Å². The second-order valence-electron chi connectivity index (χ2n) is 5.50. The molecule has 2 heterocycles. The topological polar surface area (TPSA) is 84.0 Å². The molecule has 3 rings (SSSR count). The largest absolute Gasteiger partial charge is 0.337 e. The number of imide groups is 1. The zero-order valence-electron chi connectivity index (χ0n) is 11.4. The summed E-state index contributed by atoms with van der Waals surface area (Å²) in [5.74, 6) is -1.31. The van der Waals surface area contributed by atoms with Gasteiger partial charge in [-0.25, -0.2) is 13.6 Å². The molecule has 0 aromatic carbocycles. The molecule has 118 valence electrons. The molecule has 2 N–H and O–H groups in total. The molecule has 1 aromatic rings. The number of urea groups is 1. The third-order valence-corrected chi connectivity index (χ3v) is 4.27. The van der Waals surface area contributed by atoms with E-state index in [1.807, 2.05) is 0 Å². The van der Waals surface area contributed by atoms with E-state index < -0.39 is 24.3 Å². The lowest BCUT2D eigenvalue weighted by Crippen LogP contribution is -2.51. The third-order valence-electron chi connectivity index (χ3n) is 3.97. The van der Waals surface area contributed by atoms with Crippen LogP contribution in [0.15, 0.2) is 6.07 Å². The molecule has 1 aromatic heterocycles. The Bertz CT molecular complexity index is 628. The van der Waals surface area contributed by atoms with E-state index in [-0.39, 0.29) is 30.0 Å². The number of carbonyl (C=O) groups excluding carboxylic acids is 2. The Kier molecular flexibility index (Phi) is 3.94. The van der Waals surface area contributed by atoms with Crippen molar-refractivity contribution in [3.8, 4) is 0 Å². The summed E-state index contributed by atoms with van der Waals surface area (Å²) in [6.07, 6.45) is -1.89. The lowest BCUT2D eigenvalue weighted by molar-refractivity contribution is -0.122. The van der Waals surface area contributed by atoms with E-state index in [1.165, 1.54) is 0 Å². The molecule has 0 spiro atoms. The molecule has 6 nitrogen and oxygen atoms in total. The summed E-state index contributed by atoms with van der Waals surface area (Å²) in [6.45, 7) is 0.117. The maximum atomic E-state index is 12.4. The zero-order valence-corrected chi connectivity index (χ0v) is 12.1. The smallest absolute Gasteiger partial charge is 0.321 e. The Morgan fingerprint density at radius 1 is 1.36 bits per heavy atom. The number of carbonyl (C=O) groups is 2. The molecule has 1 aliphatic carbocycles. The molecule has 1 saturated heterocycles. The molecule has 1 saturated carbocycles. The maximum Gasteiger partial charge on any atom is 0.321 e. The zero-order chi connectivity index (χ0) is 15.9. The lowest BCUT2D eigenvalue weighted by Gasteiger charge is -2.21. The highest BCUT2D eigenvalue weighted by molar-refractivity contribution is 6.30. The summed E-state index contributed by atoms with van der Waals surface area (Å²) in [7, 11) is 0. The number of hydrogen-bond donors (Lipinski definition) is 2. The Morgan fingerprint density at radius 2 is 2.14 bits per heavy atom. The van der Waals surface area contributed by atoms with Gasteiger partial charge in [-0.05, 0) is 29.9 Å². The van der Waals surface area contributed by atoms with Gasteiger partial charge in [0.2, 0.25) is 12.3 Å². The van der Waals surface area contributed by atoms with Gasteiger partial charge in [-0.1, -0.05) is 11.6 Å². The van der Waals surface area contributed by atoms with Crippen LogP contribution >= 0.6 is 11.6 Å². The predicted molar refractivity (Wildman–Crippen MR) is 72.8 cm³/mol. The lowest BCUT2D eigenvalue weighted by atomic mass is 10.00. The van der Waals surface area contributed by atoms with Crippen LogP contribution in [-0.4, -0.2) is 35.1 Å². The van der Waals surface area contributed by atoms with Crippen LogP contribution < -0.4 is 10.6 Å². The van der Waals surface area contributed by atoms with Gasteiger partial charge in [0.1, 0.15) is 0 Å². The SMILES string of the molecule is O=C1NCC(c2cc([C@@H]3C[C@H]3CC(F)F)c(Cl)nn2)C(=O)N1. The molecular formula is C13H13ClF2N4O2.